The van der Waals surface area contributed by atoms with Crippen LogP contribution in [0.25, 0.3) is 0 Å². The second-order valence-corrected chi connectivity index (χ2v) is 5.98. The fourth-order valence-corrected chi connectivity index (χ4v) is 2.64. The molecule has 0 aliphatic carbocycles. The highest BCUT2D eigenvalue weighted by Gasteiger charge is 2.06. The van der Waals surface area contributed by atoms with Crippen LogP contribution in [-0.4, -0.2) is 9.97 Å². The summed E-state index contributed by atoms with van der Waals surface area (Å²) in [6, 6.07) is 11.1. The Morgan fingerprint density at radius 3 is 2.54 bits per heavy atom. The number of hydrogen-bond acceptors (Lipinski definition) is 4. The lowest BCUT2D eigenvalue weighted by atomic mass is 10.2. The van der Waals surface area contributed by atoms with Crippen molar-refractivity contribution in [2.24, 2.45) is 0 Å². The minimum absolute atomic E-state index is 0.272. The zero-order valence-corrected chi connectivity index (χ0v) is 14.2. The number of benzene rings is 2. The first kappa shape index (κ1) is 16.3. The maximum Gasteiger partial charge on any atom is 0.229 e. The van der Waals surface area contributed by atoms with Gasteiger partial charge in [-0.15, -0.1) is 0 Å². The van der Waals surface area contributed by atoms with Crippen molar-refractivity contribution in [1.29, 1.82) is 0 Å². The van der Waals surface area contributed by atoms with Gasteiger partial charge in [0.25, 0.3) is 0 Å². The van der Waals surface area contributed by atoms with E-state index >= 15 is 0 Å². The number of hydrogen-bond donors (Lipinski definition) is 2. The number of nitrogens with one attached hydrogen (secondary N) is 2. The lowest BCUT2D eigenvalue weighted by Gasteiger charge is -2.10. The molecule has 24 heavy (non-hydrogen) atoms. The van der Waals surface area contributed by atoms with E-state index in [2.05, 4.69) is 36.5 Å². The first-order valence-corrected chi connectivity index (χ1v) is 7.89. The maximum absolute atomic E-state index is 13.3. The molecule has 0 radical (unpaired) electrons. The molecule has 2 aromatic carbocycles. The molecule has 4 nitrogen and oxygen atoms in total. The predicted octanol–water partition coefficient (Wildman–Crippen LogP) is 5.31. The molecule has 0 aliphatic heterocycles. The van der Waals surface area contributed by atoms with Gasteiger partial charge in [0.15, 0.2) is 11.6 Å². The second-order valence-electron chi connectivity index (χ2n) is 5.13. The SMILES string of the molecule is Cc1ccc(Nc2ccnc(Nc3ccc(F)c(F)c3)n2)c(Br)c1. The molecule has 0 saturated heterocycles. The Bertz CT molecular complexity index is 886. The zero-order chi connectivity index (χ0) is 17.1. The third kappa shape index (κ3) is 3.86. The molecule has 1 aromatic heterocycles. The fourth-order valence-electron chi connectivity index (χ4n) is 2.05. The van der Waals surface area contributed by atoms with Gasteiger partial charge in [0.1, 0.15) is 5.82 Å². The first-order valence-electron chi connectivity index (χ1n) is 7.09. The van der Waals surface area contributed by atoms with E-state index in [-0.39, 0.29) is 5.95 Å². The molecule has 0 spiro atoms. The number of rotatable bonds is 4. The van der Waals surface area contributed by atoms with Crippen molar-refractivity contribution in [3.05, 3.63) is 70.3 Å². The van der Waals surface area contributed by atoms with Crippen LogP contribution in [0, 0.1) is 18.6 Å². The maximum atomic E-state index is 13.3. The standard InChI is InChI=1S/C17H13BrF2N4/c1-10-2-5-15(12(18)8-10)23-16-6-7-21-17(24-16)22-11-3-4-13(19)14(20)9-11/h2-9H,1H3,(H2,21,22,23,24). The number of halogens is 3. The van der Waals surface area contributed by atoms with E-state index < -0.39 is 11.6 Å². The van der Waals surface area contributed by atoms with E-state index in [1.165, 1.54) is 6.07 Å². The monoisotopic (exact) mass is 390 g/mol. The second kappa shape index (κ2) is 6.92. The van der Waals surface area contributed by atoms with Gasteiger partial charge < -0.3 is 10.6 Å². The van der Waals surface area contributed by atoms with Crippen LogP contribution in [0.2, 0.25) is 0 Å². The van der Waals surface area contributed by atoms with Crippen LogP contribution in [0.3, 0.4) is 0 Å². The molecule has 0 bridgehead atoms. The van der Waals surface area contributed by atoms with Gasteiger partial charge in [0.2, 0.25) is 5.95 Å². The number of anilines is 4. The fraction of sp³-hybridized carbons (Fsp3) is 0.0588. The molecular formula is C17H13BrF2N4. The Labute approximate surface area is 146 Å². The van der Waals surface area contributed by atoms with E-state index in [4.69, 9.17) is 0 Å². The molecule has 3 rings (SSSR count). The van der Waals surface area contributed by atoms with Crippen LogP contribution in [-0.2, 0) is 0 Å². The summed E-state index contributed by atoms with van der Waals surface area (Å²) in [4.78, 5) is 8.38. The van der Waals surface area contributed by atoms with Crippen LogP contribution < -0.4 is 10.6 Å². The van der Waals surface area contributed by atoms with Crippen molar-refractivity contribution in [3.8, 4) is 0 Å². The van der Waals surface area contributed by atoms with Crippen LogP contribution >= 0.6 is 15.9 Å². The smallest absolute Gasteiger partial charge is 0.229 e. The normalized spacial score (nSPS) is 10.5. The predicted molar refractivity (Wildman–Crippen MR) is 93.8 cm³/mol. The molecule has 7 heteroatoms. The summed E-state index contributed by atoms with van der Waals surface area (Å²) in [6.07, 6.45) is 1.57. The molecular weight excluding hydrogens is 378 g/mol. The van der Waals surface area contributed by atoms with Gasteiger partial charge in [-0.05, 0) is 58.7 Å². The van der Waals surface area contributed by atoms with Crippen molar-refractivity contribution >= 4 is 39.1 Å². The Balaban J connectivity index is 1.79. The average Bonchev–Trinajstić information content (AvgIpc) is 2.54. The summed E-state index contributed by atoms with van der Waals surface area (Å²) in [6.45, 7) is 2.00. The Morgan fingerprint density at radius 1 is 0.958 bits per heavy atom. The summed E-state index contributed by atoms with van der Waals surface area (Å²) in [5.74, 6) is -0.993. The molecule has 0 atom stereocenters. The van der Waals surface area contributed by atoms with Crippen LogP contribution in [0.1, 0.15) is 5.56 Å². The molecule has 1 heterocycles. The highest BCUT2D eigenvalue weighted by Crippen LogP contribution is 2.26. The highest BCUT2D eigenvalue weighted by atomic mass is 79.9. The topological polar surface area (TPSA) is 49.8 Å². The van der Waals surface area contributed by atoms with Gasteiger partial charge in [-0.3, -0.25) is 0 Å². The third-order valence-corrected chi connectivity index (χ3v) is 3.87. The van der Waals surface area contributed by atoms with Crippen LogP contribution in [0.15, 0.2) is 53.1 Å². The largest absolute Gasteiger partial charge is 0.339 e. The number of aryl methyl sites for hydroxylation is 1. The van der Waals surface area contributed by atoms with Crippen LogP contribution in [0.5, 0.6) is 0 Å². The molecule has 0 aliphatic rings. The van der Waals surface area contributed by atoms with Crippen molar-refractivity contribution in [2.45, 2.75) is 6.92 Å². The Hall–Kier alpha value is -2.54. The summed E-state index contributed by atoms with van der Waals surface area (Å²) >= 11 is 3.49. The van der Waals surface area contributed by atoms with Gasteiger partial charge in [0, 0.05) is 22.4 Å². The van der Waals surface area contributed by atoms with E-state index in [1.807, 2.05) is 25.1 Å². The lowest BCUT2D eigenvalue weighted by Crippen LogP contribution is -2.01. The van der Waals surface area contributed by atoms with Crippen molar-refractivity contribution in [1.82, 2.24) is 9.97 Å². The molecule has 2 N–H and O–H groups in total. The minimum atomic E-state index is -0.933. The van der Waals surface area contributed by atoms with Gasteiger partial charge in [0.05, 0.1) is 5.69 Å². The summed E-state index contributed by atoms with van der Waals surface area (Å²) in [7, 11) is 0. The number of aromatic nitrogens is 2. The van der Waals surface area contributed by atoms with Gasteiger partial charge in [-0.25, -0.2) is 13.8 Å². The summed E-state index contributed by atoms with van der Waals surface area (Å²) in [5.41, 5.74) is 2.36. The van der Waals surface area contributed by atoms with Gasteiger partial charge in [-0.1, -0.05) is 6.07 Å². The van der Waals surface area contributed by atoms with E-state index in [9.17, 15) is 8.78 Å². The Kier molecular flexibility index (Phi) is 4.71. The molecule has 3 aromatic rings. The van der Waals surface area contributed by atoms with Gasteiger partial charge >= 0.3 is 0 Å². The Morgan fingerprint density at radius 2 is 1.79 bits per heavy atom. The highest BCUT2D eigenvalue weighted by molar-refractivity contribution is 9.10. The molecule has 0 fully saturated rings. The molecule has 0 amide bonds. The first-order chi connectivity index (χ1) is 11.5. The molecule has 0 saturated carbocycles. The average molecular weight is 391 g/mol. The van der Waals surface area contributed by atoms with Crippen molar-refractivity contribution in [2.75, 3.05) is 10.6 Å². The van der Waals surface area contributed by atoms with E-state index in [1.54, 1.807) is 12.3 Å². The third-order valence-electron chi connectivity index (χ3n) is 3.22. The quantitative estimate of drug-likeness (QED) is 0.633. The van der Waals surface area contributed by atoms with Crippen molar-refractivity contribution in [3.63, 3.8) is 0 Å². The van der Waals surface area contributed by atoms with Crippen molar-refractivity contribution < 1.29 is 8.78 Å². The number of nitrogens with zero attached hydrogens (tertiary/aromatic N) is 2. The van der Waals surface area contributed by atoms with Gasteiger partial charge in [-0.2, -0.15) is 4.98 Å². The summed E-state index contributed by atoms with van der Waals surface area (Å²) < 4.78 is 27.1. The van der Waals surface area contributed by atoms with E-state index in [0.29, 0.717) is 11.5 Å². The van der Waals surface area contributed by atoms with Crippen LogP contribution in [0.4, 0.5) is 31.9 Å². The summed E-state index contributed by atoms with van der Waals surface area (Å²) in [5, 5.41) is 6.02. The van der Waals surface area contributed by atoms with E-state index in [0.717, 1.165) is 27.9 Å². The minimum Gasteiger partial charge on any atom is -0.339 e. The molecule has 122 valence electrons. The lowest BCUT2D eigenvalue weighted by molar-refractivity contribution is 0.509. The zero-order valence-electron chi connectivity index (χ0n) is 12.6. The molecule has 0 unspecified atom stereocenters.